The summed E-state index contributed by atoms with van der Waals surface area (Å²) in [5.41, 5.74) is 1.14. The van der Waals surface area contributed by atoms with Gasteiger partial charge in [-0.15, -0.1) is 0 Å². The molecule has 3 aromatic rings. The zero-order valence-corrected chi connectivity index (χ0v) is 15.1. The molecule has 1 heterocycles. The number of ether oxygens (including phenoxy) is 2. The standard InChI is InChI=1S/C21H20N2O4/c1-26-20(24)17(18-16-11-7-6-8-14(16)12-13-22-18)19(21(25)27-2)23-15-9-4-3-5-10-15/h3-13,17,19,23H,1-2H3/t17-,19-/m1/s1. The van der Waals surface area contributed by atoms with Crippen LogP contribution in [0.3, 0.4) is 0 Å². The van der Waals surface area contributed by atoms with Gasteiger partial charge in [-0.05, 0) is 23.6 Å². The zero-order chi connectivity index (χ0) is 19.2. The second kappa shape index (κ2) is 8.31. The Bertz CT molecular complexity index is 938. The van der Waals surface area contributed by atoms with Crippen LogP contribution in [0.2, 0.25) is 0 Å². The Morgan fingerprint density at radius 1 is 0.889 bits per heavy atom. The Labute approximate surface area is 157 Å². The summed E-state index contributed by atoms with van der Waals surface area (Å²) in [5.74, 6) is -2.13. The van der Waals surface area contributed by atoms with Crippen LogP contribution in [0, 0.1) is 0 Å². The molecule has 0 saturated carbocycles. The van der Waals surface area contributed by atoms with Crippen molar-refractivity contribution in [3.8, 4) is 0 Å². The van der Waals surface area contributed by atoms with E-state index in [9.17, 15) is 9.59 Å². The first-order valence-electron chi connectivity index (χ1n) is 8.46. The van der Waals surface area contributed by atoms with Crippen molar-refractivity contribution in [1.29, 1.82) is 0 Å². The Morgan fingerprint density at radius 3 is 2.26 bits per heavy atom. The summed E-state index contributed by atoms with van der Waals surface area (Å²) in [6.07, 6.45) is 1.62. The van der Waals surface area contributed by atoms with Crippen molar-refractivity contribution >= 4 is 28.4 Å². The molecule has 6 heteroatoms. The number of aromatic nitrogens is 1. The van der Waals surface area contributed by atoms with Crippen molar-refractivity contribution in [1.82, 2.24) is 4.98 Å². The summed E-state index contributed by atoms with van der Waals surface area (Å²) in [7, 11) is 2.57. The molecule has 0 amide bonds. The van der Waals surface area contributed by atoms with Crippen LogP contribution in [0.5, 0.6) is 0 Å². The van der Waals surface area contributed by atoms with Crippen molar-refractivity contribution in [2.45, 2.75) is 12.0 Å². The molecule has 1 N–H and O–H groups in total. The summed E-state index contributed by atoms with van der Waals surface area (Å²) in [6.45, 7) is 0. The average molecular weight is 364 g/mol. The van der Waals surface area contributed by atoms with Crippen LogP contribution >= 0.6 is 0 Å². The van der Waals surface area contributed by atoms with Crippen molar-refractivity contribution in [3.63, 3.8) is 0 Å². The topological polar surface area (TPSA) is 77.5 Å². The predicted octanol–water partition coefficient (Wildman–Crippen LogP) is 3.15. The highest BCUT2D eigenvalue weighted by Gasteiger charge is 2.39. The summed E-state index contributed by atoms with van der Waals surface area (Å²) >= 11 is 0. The molecule has 0 bridgehead atoms. The number of pyridine rings is 1. The Morgan fingerprint density at radius 2 is 1.56 bits per heavy atom. The van der Waals surface area contributed by atoms with E-state index in [1.54, 1.807) is 18.3 Å². The summed E-state index contributed by atoms with van der Waals surface area (Å²) < 4.78 is 9.96. The van der Waals surface area contributed by atoms with Crippen molar-refractivity contribution in [3.05, 3.63) is 72.6 Å². The molecule has 0 spiro atoms. The monoisotopic (exact) mass is 364 g/mol. The highest BCUT2D eigenvalue weighted by Crippen LogP contribution is 2.29. The molecule has 27 heavy (non-hydrogen) atoms. The number of fused-ring (bicyclic) bond motifs is 1. The first kappa shape index (κ1) is 18.4. The van der Waals surface area contributed by atoms with Crippen LogP contribution in [0.1, 0.15) is 11.6 Å². The number of rotatable bonds is 6. The third-order valence-corrected chi connectivity index (χ3v) is 4.34. The fourth-order valence-electron chi connectivity index (χ4n) is 3.04. The van der Waals surface area contributed by atoms with E-state index in [2.05, 4.69) is 10.3 Å². The molecule has 2 aromatic carbocycles. The molecule has 0 aliphatic rings. The maximum absolute atomic E-state index is 12.7. The SMILES string of the molecule is COC(=O)[C@H](c1nccc2ccccc12)[C@@H](Nc1ccccc1)C(=O)OC. The maximum Gasteiger partial charge on any atom is 0.329 e. The third-order valence-electron chi connectivity index (χ3n) is 4.34. The van der Waals surface area contributed by atoms with Gasteiger partial charge in [0.1, 0.15) is 12.0 Å². The molecule has 0 fully saturated rings. The van der Waals surface area contributed by atoms with E-state index in [4.69, 9.17) is 9.47 Å². The molecule has 138 valence electrons. The van der Waals surface area contributed by atoms with Crippen LogP contribution in [-0.4, -0.2) is 37.2 Å². The lowest BCUT2D eigenvalue weighted by molar-refractivity contribution is -0.150. The number of carbonyl (C=O) groups is 2. The minimum Gasteiger partial charge on any atom is -0.468 e. The number of hydrogen-bond acceptors (Lipinski definition) is 6. The van der Waals surface area contributed by atoms with Crippen LogP contribution in [-0.2, 0) is 19.1 Å². The van der Waals surface area contributed by atoms with E-state index in [0.29, 0.717) is 11.4 Å². The van der Waals surface area contributed by atoms with Crippen molar-refractivity contribution < 1.29 is 19.1 Å². The number of methoxy groups -OCH3 is 2. The second-order valence-corrected chi connectivity index (χ2v) is 5.93. The highest BCUT2D eigenvalue weighted by molar-refractivity contribution is 5.95. The van der Waals surface area contributed by atoms with E-state index in [1.807, 2.05) is 48.5 Å². The summed E-state index contributed by atoms with van der Waals surface area (Å²) in [6, 6.07) is 17.5. The van der Waals surface area contributed by atoms with Crippen LogP contribution in [0.15, 0.2) is 66.9 Å². The van der Waals surface area contributed by atoms with Gasteiger partial charge in [0.15, 0.2) is 0 Å². The molecule has 0 aliphatic carbocycles. The maximum atomic E-state index is 12.7. The number of para-hydroxylation sites is 1. The first-order chi connectivity index (χ1) is 13.2. The Kier molecular flexibility index (Phi) is 5.66. The molecule has 0 unspecified atom stereocenters. The van der Waals surface area contributed by atoms with E-state index < -0.39 is 23.9 Å². The number of benzene rings is 2. The molecule has 6 nitrogen and oxygen atoms in total. The Balaban J connectivity index is 2.13. The van der Waals surface area contributed by atoms with Crippen molar-refractivity contribution in [2.75, 3.05) is 19.5 Å². The molecule has 0 aliphatic heterocycles. The van der Waals surface area contributed by atoms with E-state index in [-0.39, 0.29) is 0 Å². The molecule has 0 radical (unpaired) electrons. The van der Waals surface area contributed by atoms with Gasteiger partial charge in [0.2, 0.25) is 0 Å². The lowest BCUT2D eigenvalue weighted by atomic mass is 9.91. The normalized spacial score (nSPS) is 12.8. The Hall–Kier alpha value is -3.41. The number of nitrogens with zero attached hydrogens (tertiary/aromatic N) is 1. The van der Waals surface area contributed by atoms with Gasteiger partial charge in [-0.25, -0.2) is 4.79 Å². The lowest BCUT2D eigenvalue weighted by Crippen LogP contribution is -2.41. The predicted molar refractivity (Wildman–Crippen MR) is 102 cm³/mol. The van der Waals surface area contributed by atoms with E-state index >= 15 is 0 Å². The molecular formula is C21H20N2O4. The number of carbonyl (C=O) groups excluding carboxylic acids is 2. The molecule has 1 aromatic heterocycles. The van der Waals surface area contributed by atoms with Crippen LogP contribution in [0.25, 0.3) is 10.8 Å². The summed E-state index contributed by atoms with van der Waals surface area (Å²) in [4.78, 5) is 29.7. The molecule has 3 rings (SSSR count). The van der Waals surface area contributed by atoms with Gasteiger partial charge in [0, 0.05) is 17.3 Å². The van der Waals surface area contributed by atoms with Gasteiger partial charge in [0.25, 0.3) is 0 Å². The third kappa shape index (κ3) is 3.89. The fraction of sp³-hybridized carbons (Fsp3) is 0.190. The smallest absolute Gasteiger partial charge is 0.329 e. The fourth-order valence-corrected chi connectivity index (χ4v) is 3.04. The van der Waals surface area contributed by atoms with Gasteiger partial charge < -0.3 is 14.8 Å². The largest absolute Gasteiger partial charge is 0.468 e. The number of nitrogens with one attached hydrogen (secondary N) is 1. The van der Waals surface area contributed by atoms with Gasteiger partial charge >= 0.3 is 11.9 Å². The minimum absolute atomic E-state index is 0.457. The van der Waals surface area contributed by atoms with Gasteiger partial charge in [-0.1, -0.05) is 42.5 Å². The quantitative estimate of drug-likeness (QED) is 0.677. The molecule has 0 saturated heterocycles. The van der Waals surface area contributed by atoms with Gasteiger partial charge in [0.05, 0.1) is 19.9 Å². The number of anilines is 1. The zero-order valence-electron chi connectivity index (χ0n) is 15.1. The highest BCUT2D eigenvalue weighted by atomic mass is 16.5. The summed E-state index contributed by atoms with van der Waals surface area (Å²) in [5, 5.41) is 4.79. The minimum atomic E-state index is -0.997. The first-order valence-corrected chi connectivity index (χ1v) is 8.46. The van der Waals surface area contributed by atoms with Gasteiger partial charge in [-0.3, -0.25) is 9.78 Å². The lowest BCUT2D eigenvalue weighted by Gasteiger charge is -2.25. The van der Waals surface area contributed by atoms with E-state index in [0.717, 1.165) is 10.8 Å². The van der Waals surface area contributed by atoms with E-state index in [1.165, 1.54) is 14.2 Å². The molecule has 2 atom stereocenters. The molecular weight excluding hydrogens is 344 g/mol. The van der Waals surface area contributed by atoms with Crippen LogP contribution < -0.4 is 5.32 Å². The van der Waals surface area contributed by atoms with Crippen molar-refractivity contribution in [2.24, 2.45) is 0 Å². The van der Waals surface area contributed by atoms with Crippen LogP contribution in [0.4, 0.5) is 5.69 Å². The van der Waals surface area contributed by atoms with Gasteiger partial charge in [-0.2, -0.15) is 0 Å². The average Bonchev–Trinajstić information content (AvgIpc) is 2.73. The number of esters is 2. The second-order valence-electron chi connectivity index (χ2n) is 5.93. The number of hydrogen-bond donors (Lipinski definition) is 1.